The molecule has 1 saturated carbocycles. The number of nitrogens with zero attached hydrogens (tertiary/aromatic N) is 2. The van der Waals surface area contributed by atoms with Crippen LogP contribution in [-0.4, -0.2) is 66.4 Å². The molecule has 2 aliphatic rings. The third-order valence-corrected chi connectivity index (χ3v) is 5.35. The molecule has 1 aliphatic heterocycles. The highest BCUT2D eigenvalue weighted by molar-refractivity contribution is 5.32. The van der Waals surface area contributed by atoms with Crippen LogP contribution in [0.3, 0.4) is 0 Å². The second kappa shape index (κ2) is 8.32. The number of benzene rings is 1. The van der Waals surface area contributed by atoms with E-state index in [2.05, 4.69) is 29.7 Å². The highest BCUT2D eigenvalue weighted by Crippen LogP contribution is 2.24. The lowest BCUT2D eigenvalue weighted by Crippen LogP contribution is -2.51. The minimum absolute atomic E-state index is 0.367. The predicted octanol–water partition coefficient (Wildman–Crippen LogP) is 2.60. The van der Waals surface area contributed by atoms with Crippen LogP contribution in [0.4, 0.5) is 0 Å². The monoisotopic (exact) mass is 332 g/mol. The third kappa shape index (κ3) is 4.95. The molecule has 1 N–H and O–H groups in total. The molecule has 2 fully saturated rings. The van der Waals surface area contributed by atoms with E-state index in [1.54, 1.807) is 0 Å². The second-order valence-electron chi connectivity index (χ2n) is 7.56. The van der Waals surface area contributed by atoms with E-state index in [1.807, 2.05) is 12.1 Å². The number of aryl methyl sites for hydroxylation is 2. The summed E-state index contributed by atoms with van der Waals surface area (Å²) in [6, 6.07) is 7.01. The van der Waals surface area contributed by atoms with Gasteiger partial charge in [0.25, 0.3) is 0 Å². The summed E-state index contributed by atoms with van der Waals surface area (Å²) in [6.07, 6.45) is 5.14. The van der Waals surface area contributed by atoms with Crippen molar-refractivity contribution in [3.05, 3.63) is 29.3 Å². The lowest BCUT2D eigenvalue weighted by atomic mass is 10.1. The predicted molar refractivity (Wildman–Crippen MR) is 97.7 cm³/mol. The first-order chi connectivity index (χ1) is 11.6. The molecule has 24 heavy (non-hydrogen) atoms. The molecule has 1 saturated heterocycles. The van der Waals surface area contributed by atoms with Gasteiger partial charge in [-0.2, -0.15) is 0 Å². The molecule has 0 spiro atoms. The summed E-state index contributed by atoms with van der Waals surface area (Å²) in [5.74, 6) is 0.859. The number of aliphatic hydroxyl groups excluding tert-OH is 1. The van der Waals surface area contributed by atoms with E-state index < -0.39 is 6.10 Å². The number of β-amino-alcohol motifs (C(OH)–C–C–N with tert-alkyl or cyclic N) is 1. The van der Waals surface area contributed by atoms with Crippen molar-refractivity contribution in [3.63, 3.8) is 0 Å². The van der Waals surface area contributed by atoms with Crippen LogP contribution in [0.15, 0.2) is 18.2 Å². The first-order valence-corrected chi connectivity index (χ1v) is 9.46. The van der Waals surface area contributed by atoms with Crippen LogP contribution in [0.25, 0.3) is 0 Å². The molecule has 0 radical (unpaired) electrons. The first kappa shape index (κ1) is 17.7. The summed E-state index contributed by atoms with van der Waals surface area (Å²) < 4.78 is 5.79. The largest absolute Gasteiger partial charge is 0.491 e. The smallest absolute Gasteiger partial charge is 0.119 e. The fourth-order valence-corrected chi connectivity index (χ4v) is 4.14. The molecule has 1 aliphatic carbocycles. The van der Waals surface area contributed by atoms with Gasteiger partial charge in [0, 0.05) is 38.8 Å². The Morgan fingerprint density at radius 2 is 1.67 bits per heavy atom. The summed E-state index contributed by atoms with van der Waals surface area (Å²) >= 11 is 0. The fourth-order valence-electron chi connectivity index (χ4n) is 4.14. The summed E-state index contributed by atoms with van der Waals surface area (Å²) in [7, 11) is 0. The topological polar surface area (TPSA) is 35.9 Å². The molecule has 0 amide bonds. The third-order valence-electron chi connectivity index (χ3n) is 5.35. The number of hydrogen-bond acceptors (Lipinski definition) is 4. The van der Waals surface area contributed by atoms with Crippen LogP contribution in [-0.2, 0) is 0 Å². The zero-order valence-electron chi connectivity index (χ0n) is 15.2. The highest BCUT2D eigenvalue weighted by atomic mass is 16.5. The number of aliphatic hydroxyl groups is 1. The molecular weight excluding hydrogens is 300 g/mol. The normalized spacial score (nSPS) is 22.0. The van der Waals surface area contributed by atoms with Crippen molar-refractivity contribution in [2.45, 2.75) is 51.7 Å². The quantitative estimate of drug-likeness (QED) is 0.869. The van der Waals surface area contributed by atoms with Crippen LogP contribution in [0.1, 0.15) is 36.8 Å². The van der Waals surface area contributed by atoms with Crippen molar-refractivity contribution in [2.24, 2.45) is 0 Å². The number of hydrogen-bond donors (Lipinski definition) is 1. The molecule has 1 aromatic carbocycles. The van der Waals surface area contributed by atoms with Crippen LogP contribution >= 0.6 is 0 Å². The van der Waals surface area contributed by atoms with E-state index in [4.69, 9.17) is 4.74 Å². The standard InChI is InChI=1S/C20H32N2O2/c1-16-11-17(2)13-20(12-16)24-15-19(23)14-21-7-9-22(10-8-21)18-5-3-4-6-18/h11-13,18-19,23H,3-10,14-15H2,1-2H3. The van der Waals surface area contributed by atoms with Gasteiger partial charge in [-0.1, -0.05) is 18.9 Å². The van der Waals surface area contributed by atoms with Gasteiger partial charge < -0.3 is 9.84 Å². The molecule has 4 nitrogen and oxygen atoms in total. The van der Waals surface area contributed by atoms with E-state index in [0.717, 1.165) is 38.0 Å². The van der Waals surface area contributed by atoms with Gasteiger partial charge in [-0.3, -0.25) is 9.80 Å². The highest BCUT2D eigenvalue weighted by Gasteiger charge is 2.26. The lowest BCUT2D eigenvalue weighted by Gasteiger charge is -2.38. The van der Waals surface area contributed by atoms with E-state index in [1.165, 1.54) is 36.8 Å². The SMILES string of the molecule is Cc1cc(C)cc(OCC(O)CN2CCN(C3CCCC3)CC2)c1. The van der Waals surface area contributed by atoms with Gasteiger partial charge in [0.2, 0.25) is 0 Å². The maximum absolute atomic E-state index is 10.3. The van der Waals surface area contributed by atoms with Crippen molar-refractivity contribution in [1.29, 1.82) is 0 Å². The van der Waals surface area contributed by atoms with Crippen molar-refractivity contribution in [1.82, 2.24) is 9.80 Å². The molecule has 0 aromatic heterocycles. The Morgan fingerprint density at radius 3 is 2.29 bits per heavy atom. The Balaban J connectivity index is 1.38. The summed E-state index contributed by atoms with van der Waals surface area (Å²) in [6.45, 7) is 9.65. The van der Waals surface area contributed by atoms with Gasteiger partial charge in [-0.15, -0.1) is 0 Å². The number of piperazine rings is 1. The molecule has 1 aromatic rings. The fraction of sp³-hybridized carbons (Fsp3) is 0.700. The van der Waals surface area contributed by atoms with Gasteiger partial charge in [-0.25, -0.2) is 0 Å². The molecule has 3 rings (SSSR count). The van der Waals surface area contributed by atoms with Crippen LogP contribution in [0, 0.1) is 13.8 Å². The maximum Gasteiger partial charge on any atom is 0.119 e. The van der Waals surface area contributed by atoms with E-state index >= 15 is 0 Å². The zero-order chi connectivity index (χ0) is 16.9. The Hall–Kier alpha value is -1.10. The van der Waals surface area contributed by atoms with Crippen LogP contribution < -0.4 is 4.74 Å². The van der Waals surface area contributed by atoms with Gasteiger partial charge in [0.1, 0.15) is 18.5 Å². The number of rotatable bonds is 6. The summed E-state index contributed by atoms with van der Waals surface area (Å²) in [4.78, 5) is 5.03. The van der Waals surface area contributed by atoms with Crippen molar-refractivity contribution >= 4 is 0 Å². The van der Waals surface area contributed by atoms with E-state index in [9.17, 15) is 5.11 Å². The van der Waals surface area contributed by atoms with Crippen LogP contribution in [0.2, 0.25) is 0 Å². The molecule has 1 unspecified atom stereocenters. The Bertz CT molecular complexity index is 500. The van der Waals surface area contributed by atoms with Gasteiger partial charge in [0.05, 0.1) is 0 Å². The lowest BCUT2D eigenvalue weighted by molar-refractivity contribution is 0.0370. The average Bonchev–Trinajstić information content (AvgIpc) is 3.07. The zero-order valence-corrected chi connectivity index (χ0v) is 15.2. The summed E-state index contributed by atoms with van der Waals surface area (Å²) in [5, 5.41) is 10.3. The van der Waals surface area contributed by atoms with Crippen molar-refractivity contribution in [2.75, 3.05) is 39.3 Å². The molecule has 1 heterocycles. The maximum atomic E-state index is 10.3. The molecule has 134 valence electrons. The minimum atomic E-state index is -0.427. The average molecular weight is 332 g/mol. The molecule has 1 atom stereocenters. The van der Waals surface area contributed by atoms with Gasteiger partial charge in [-0.05, 0) is 49.9 Å². The van der Waals surface area contributed by atoms with Gasteiger partial charge >= 0.3 is 0 Å². The minimum Gasteiger partial charge on any atom is -0.491 e. The molecule has 0 bridgehead atoms. The Kier molecular flexibility index (Phi) is 6.14. The van der Waals surface area contributed by atoms with Crippen molar-refractivity contribution < 1.29 is 9.84 Å². The van der Waals surface area contributed by atoms with E-state index in [-0.39, 0.29) is 0 Å². The van der Waals surface area contributed by atoms with Crippen molar-refractivity contribution in [3.8, 4) is 5.75 Å². The molecule has 4 heteroatoms. The summed E-state index contributed by atoms with van der Waals surface area (Å²) in [5.41, 5.74) is 2.39. The second-order valence-corrected chi connectivity index (χ2v) is 7.56. The first-order valence-electron chi connectivity index (χ1n) is 9.46. The Labute approximate surface area is 146 Å². The Morgan fingerprint density at radius 1 is 1.04 bits per heavy atom. The van der Waals surface area contributed by atoms with Gasteiger partial charge in [0.15, 0.2) is 0 Å². The van der Waals surface area contributed by atoms with E-state index in [0.29, 0.717) is 13.2 Å². The van der Waals surface area contributed by atoms with Crippen LogP contribution in [0.5, 0.6) is 5.75 Å². The number of ether oxygens (including phenoxy) is 1. The molecular formula is C20H32N2O2.